The number of piperazine rings is 1. The Kier molecular flexibility index (Phi) is 5.98. The molecule has 1 aromatic carbocycles. The van der Waals surface area contributed by atoms with E-state index in [9.17, 15) is 4.79 Å². The number of nitrogens with zero attached hydrogens (tertiary/aromatic N) is 5. The number of nitrogens with one attached hydrogen (secondary N) is 1. The van der Waals surface area contributed by atoms with Crippen LogP contribution in [0.3, 0.4) is 0 Å². The van der Waals surface area contributed by atoms with Crippen LogP contribution in [0.15, 0.2) is 60.0 Å². The fourth-order valence-electron chi connectivity index (χ4n) is 4.62. The summed E-state index contributed by atoms with van der Waals surface area (Å²) in [6.45, 7) is 6.56. The fourth-order valence-corrected chi connectivity index (χ4v) is 4.62. The van der Waals surface area contributed by atoms with E-state index >= 15 is 0 Å². The maximum absolute atomic E-state index is 13.4. The number of aliphatic imine (C=N–C) groups is 1. The number of carbonyl (C=O) groups excluding carboxylic acids is 1. The van der Waals surface area contributed by atoms with Crippen molar-refractivity contribution in [3.63, 3.8) is 0 Å². The number of benzene rings is 1. The summed E-state index contributed by atoms with van der Waals surface area (Å²) >= 11 is 0. The second-order valence-corrected chi connectivity index (χ2v) is 9.68. The number of pyridine rings is 2. The number of methoxy groups -OCH3 is 1. The highest BCUT2D eigenvalue weighted by Gasteiger charge is 2.34. The topological polar surface area (TPSA) is 83.0 Å². The Labute approximate surface area is 205 Å². The van der Waals surface area contributed by atoms with Crippen LogP contribution in [0.1, 0.15) is 41.4 Å². The number of hydrogen-bond acceptors (Lipinski definition) is 7. The molecule has 35 heavy (non-hydrogen) atoms. The zero-order valence-corrected chi connectivity index (χ0v) is 20.5. The summed E-state index contributed by atoms with van der Waals surface area (Å²) in [5.41, 5.74) is 5.43. The van der Waals surface area contributed by atoms with E-state index in [-0.39, 0.29) is 17.5 Å². The van der Waals surface area contributed by atoms with Crippen LogP contribution < -0.4 is 10.1 Å². The zero-order valence-electron chi connectivity index (χ0n) is 20.5. The first-order chi connectivity index (χ1) is 16.9. The summed E-state index contributed by atoms with van der Waals surface area (Å²) in [6, 6.07) is 11.7. The van der Waals surface area contributed by atoms with Gasteiger partial charge in [0.2, 0.25) is 5.88 Å². The molecule has 1 N–H and O–H groups in total. The van der Waals surface area contributed by atoms with Crippen LogP contribution in [0.5, 0.6) is 5.88 Å². The second-order valence-electron chi connectivity index (χ2n) is 9.68. The normalized spacial score (nSPS) is 19.1. The van der Waals surface area contributed by atoms with E-state index in [2.05, 4.69) is 53.2 Å². The van der Waals surface area contributed by atoms with Crippen molar-refractivity contribution in [1.29, 1.82) is 0 Å². The van der Waals surface area contributed by atoms with Crippen LogP contribution >= 0.6 is 0 Å². The van der Waals surface area contributed by atoms with Gasteiger partial charge in [-0.1, -0.05) is 6.07 Å². The van der Waals surface area contributed by atoms with E-state index in [1.165, 1.54) is 0 Å². The van der Waals surface area contributed by atoms with Gasteiger partial charge in [0.05, 0.1) is 19.0 Å². The number of carbonyl (C=O) groups is 1. The third-order valence-corrected chi connectivity index (χ3v) is 6.99. The highest BCUT2D eigenvalue weighted by atomic mass is 16.5. The van der Waals surface area contributed by atoms with E-state index in [4.69, 9.17) is 9.73 Å². The van der Waals surface area contributed by atoms with Crippen LogP contribution in [-0.2, 0) is 0 Å². The number of fused-ring (bicyclic) bond motifs is 1. The molecule has 0 saturated carbocycles. The SMILES string of the molecule is COc1ccc(-c2ccc3c(c2)C(c2cncc(C(=O)N4CCN(C)C(C)(C)C4)c2)N=CN3)cn1. The molecule has 5 rings (SSSR count). The summed E-state index contributed by atoms with van der Waals surface area (Å²) in [4.78, 5) is 31.0. The third-order valence-electron chi connectivity index (χ3n) is 6.99. The Balaban J connectivity index is 1.44. The maximum Gasteiger partial charge on any atom is 0.255 e. The van der Waals surface area contributed by atoms with Crippen molar-refractivity contribution in [3.05, 3.63) is 71.7 Å². The quantitative estimate of drug-likeness (QED) is 0.624. The van der Waals surface area contributed by atoms with E-state index in [1.807, 2.05) is 29.2 Å². The average Bonchev–Trinajstić information content (AvgIpc) is 2.89. The first-order valence-corrected chi connectivity index (χ1v) is 11.7. The van der Waals surface area contributed by atoms with Gasteiger partial charge in [0, 0.05) is 72.2 Å². The highest BCUT2D eigenvalue weighted by molar-refractivity contribution is 5.94. The molecule has 2 aromatic heterocycles. The van der Waals surface area contributed by atoms with Crippen molar-refractivity contribution in [1.82, 2.24) is 19.8 Å². The van der Waals surface area contributed by atoms with Gasteiger partial charge in [-0.25, -0.2) is 4.98 Å². The minimum absolute atomic E-state index is 0.0109. The summed E-state index contributed by atoms with van der Waals surface area (Å²) in [7, 11) is 3.71. The molecule has 1 unspecified atom stereocenters. The molecule has 0 radical (unpaired) electrons. The number of rotatable bonds is 4. The summed E-state index contributed by atoms with van der Waals surface area (Å²) in [5, 5.41) is 3.23. The molecule has 8 nitrogen and oxygen atoms in total. The molecular formula is C27H30N6O2. The van der Waals surface area contributed by atoms with Gasteiger partial charge in [-0.2, -0.15) is 0 Å². The van der Waals surface area contributed by atoms with Gasteiger partial charge in [-0.3, -0.25) is 19.7 Å². The minimum atomic E-state index is -0.262. The lowest BCUT2D eigenvalue weighted by molar-refractivity contribution is 0.0311. The van der Waals surface area contributed by atoms with Crippen molar-refractivity contribution in [2.75, 3.05) is 39.1 Å². The van der Waals surface area contributed by atoms with Crippen LogP contribution in [0.4, 0.5) is 5.69 Å². The first-order valence-electron chi connectivity index (χ1n) is 11.7. The summed E-state index contributed by atoms with van der Waals surface area (Å²) < 4.78 is 5.18. The molecule has 8 heteroatoms. The molecule has 180 valence electrons. The average molecular weight is 471 g/mol. The number of likely N-dealkylation sites (N-methyl/N-ethyl adjacent to an activating group) is 1. The lowest BCUT2D eigenvalue weighted by Crippen LogP contribution is -2.58. The van der Waals surface area contributed by atoms with Crippen molar-refractivity contribution in [2.24, 2.45) is 4.99 Å². The Bertz CT molecular complexity index is 1270. The molecule has 1 fully saturated rings. The Morgan fingerprint density at radius 2 is 1.91 bits per heavy atom. The third kappa shape index (κ3) is 4.49. The number of aromatic nitrogens is 2. The van der Waals surface area contributed by atoms with E-state index in [0.717, 1.165) is 34.5 Å². The largest absolute Gasteiger partial charge is 0.481 e. The lowest BCUT2D eigenvalue weighted by Gasteiger charge is -2.45. The van der Waals surface area contributed by atoms with Gasteiger partial charge in [-0.15, -0.1) is 0 Å². The number of hydrogen-bond donors (Lipinski definition) is 1. The molecule has 2 aliphatic heterocycles. The number of anilines is 1. The van der Waals surface area contributed by atoms with Crippen LogP contribution in [0, 0.1) is 0 Å². The standard InChI is InChI=1S/C27H30N6O2/c1-27(2)16-33(10-9-32(27)3)26(34)21-11-20(13-28-14-21)25-22-12-18(5-7-23(22)30-17-31-25)19-6-8-24(35-4)29-15-19/h5-8,11-15,17,25H,9-10,16H2,1-4H3,(H,30,31). The number of ether oxygens (including phenoxy) is 1. The van der Waals surface area contributed by atoms with E-state index in [1.54, 1.807) is 32.0 Å². The van der Waals surface area contributed by atoms with Gasteiger partial charge in [-0.05, 0) is 50.7 Å². The molecule has 1 atom stereocenters. The molecule has 1 saturated heterocycles. The predicted molar refractivity (Wildman–Crippen MR) is 137 cm³/mol. The predicted octanol–water partition coefficient (Wildman–Crippen LogP) is 3.86. The van der Waals surface area contributed by atoms with Crippen LogP contribution in [0.2, 0.25) is 0 Å². The first kappa shape index (κ1) is 23.0. The monoisotopic (exact) mass is 470 g/mol. The minimum Gasteiger partial charge on any atom is -0.481 e. The van der Waals surface area contributed by atoms with Crippen molar-refractivity contribution >= 4 is 17.9 Å². The van der Waals surface area contributed by atoms with E-state index < -0.39 is 0 Å². The fraction of sp³-hybridized carbons (Fsp3) is 0.333. The molecule has 2 aliphatic rings. The maximum atomic E-state index is 13.4. The summed E-state index contributed by atoms with van der Waals surface area (Å²) in [5.74, 6) is 0.587. The van der Waals surface area contributed by atoms with Crippen LogP contribution in [0.25, 0.3) is 11.1 Å². The van der Waals surface area contributed by atoms with Crippen molar-refractivity contribution in [2.45, 2.75) is 25.4 Å². The molecule has 1 amide bonds. The van der Waals surface area contributed by atoms with Gasteiger partial charge in [0.25, 0.3) is 5.91 Å². The van der Waals surface area contributed by atoms with Gasteiger partial charge in [0.1, 0.15) is 6.04 Å². The zero-order chi connectivity index (χ0) is 24.6. The molecule has 0 aliphatic carbocycles. The van der Waals surface area contributed by atoms with Crippen LogP contribution in [-0.4, -0.2) is 71.3 Å². The van der Waals surface area contributed by atoms with E-state index in [0.29, 0.717) is 24.5 Å². The van der Waals surface area contributed by atoms with Crippen molar-refractivity contribution in [3.8, 4) is 17.0 Å². The molecule has 4 heterocycles. The van der Waals surface area contributed by atoms with Gasteiger partial charge >= 0.3 is 0 Å². The highest BCUT2D eigenvalue weighted by Crippen LogP contribution is 2.37. The van der Waals surface area contributed by atoms with Gasteiger partial charge in [0.15, 0.2) is 0 Å². The Morgan fingerprint density at radius 3 is 2.66 bits per heavy atom. The second kappa shape index (κ2) is 9.11. The molecule has 3 aromatic rings. The Hall–Kier alpha value is -3.78. The lowest BCUT2D eigenvalue weighted by atomic mass is 9.93. The molecule has 0 bridgehead atoms. The summed E-state index contributed by atoms with van der Waals surface area (Å²) in [6.07, 6.45) is 6.96. The Morgan fingerprint density at radius 1 is 1.09 bits per heavy atom. The molecule has 0 spiro atoms. The smallest absolute Gasteiger partial charge is 0.255 e. The van der Waals surface area contributed by atoms with Crippen molar-refractivity contribution < 1.29 is 9.53 Å². The molecular weight excluding hydrogens is 440 g/mol. The number of amides is 1. The van der Waals surface area contributed by atoms with Gasteiger partial charge < -0.3 is 15.0 Å².